The average molecular weight is 414 g/mol. The highest BCUT2D eigenvalue weighted by Crippen LogP contribution is 2.52. The summed E-state index contributed by atoms with van der Waals surface area (Å²) in [4.78, 5) is 25.4. The molecule has 0 saturated carbocycles. The number of aromatic nitrogens is 3. The van der Waals surface area contributed by atoms with Gasteiger partial charge in [0.2, 0.25) is 11.8 Å². The van der Waals surface area contributed by atoms with Crippen molar-refractivity contribution in [3.05, 3.63) is 64.8 Å². The van der Waals surface area contributed by atoms with Crippen LogP contribution in [0.1, 0.15) is 30.9 Å². The van der Waals surface area contributed by atoms with Crippen molar-refractivity contribution in [3.63, 3.8) is 0 Å². The highest BCUT2D eigenvalue weighted by Gasteiger charge is 2.45. The van der Waals surface area contributed by atoms with Crippen LogP contribution in [-0.2, 0) is 4.79 Å². The Morgan fingerprint density at radius 1 is 1.21 bits per heavy atom. The zero-order valence-electron chi connectivity index (χ0n) is 15.6. The van der Waals surface area contributed by atoms with E-state index in [-0.39, 0.29) is 34.3 Å². The van der Waals surface area contributed by atoms with Gasteiger partial charge in [-0.25, -0.2) is 19.3 Å². The summed E-state index contributed by atoms with van der Waals surface area (Å²) in [6.07, 6.45) is 2.86. The number of anilines is 2. The first-order chi connectivity index (χ1) is 13.8. The Morgan fingerprint density at radius 2 is 1.97 bits per heavy atom. The molecule has 2 aromatic heterocycles. The first kappa shape index (κ1) is 19.1. The first-order valence-electron chi connectivity index (χ1n) is 8.79. The molecule has 1 amide bonds. The van der Waals surface area contributed by atoms with Crippen LogP contribution in [0.25, 0.3) is 0 Å². The lowest BCUT2D eigenvalue weighted by molar-refractivity contribution is -0.124. The van der Waals surface area contributed by atoms with E-state index >= 15 is 0 Å². The van der Waals surface area contributed by atoms with Gasteiger partial charge in [0, 0.05) is 29.4 Å². The number of hydrogen-bond donors (Lipinski definition) is 2. The number of carbonyl (C=O) groups excluding carboxylic acids is 1. The number of pyridine rings is 1. The Morgan fingerprint density at radius 3 is 2.72 bits per heavy atom. The molecule has 3 aromatic rings. The van der Waals surface area contributed by atoms with E-state index < -0.39 is 17.2 Å². The summed E-state index contributed by atoms with van der Waals surface area (Å²) < 4.78 is 20.2. The Balaban J connectivity index is 1.82. The van der Waals surface area contributed by atoms with Gasteiger partial charge in [-0.2, -0.15) is 0 Å². The summed E-state index contributed by atoms with van der Waals surface area (Å²) in [7, 11) is 0. The van der Waals surface area contributed by atoms with Crippen molar-refractivity contribution in [1.82, 2.24) is 15.0 Å². The highest BCUT2D eigenvalue weighted by atomic mass is 35.5. The third-order valence-corrected chi connectivity index (χ3v) is 5.15. The molecule has 0 spiro atoms. The molecular weight excluding hydrogens is 397 g/mol. The van der Waals surface area contributed by atoms with E-state index in [9.17, 15) is 9.18 Å². The topological polar surface area (TPSA) is 103 Å². The number of halogens is 2. The zero-order valence-corrected chi connectivity index (χ0v) is 16.4. The van der Waals surface area contributed by atoms with Gasteiger partial charge in [0.25, 0.3) is 0 Å². The Hall–Kier alpha value is -3.26. The average Bonchev–Trinajstić information content (AvgIpc) is 2.68. The normalized spacial score (nSPS) is 15.1. The number of nitrogens with zero attached hydrogens (tertiary/aromatic N) is 3. The van der Waals surface area contributed by atoms with Crippen LogP contribution in [0.3, 0.4) is 0 Å². The Labute approximate surface area is 171 Å². The molecule has 3 N–H and O–H groups in total. The zero-order chi connectivity index (χ0) is 20.8. The van der Waals surface area contributed by atoms with Gasteiger partial charge in [-0.3, -0.25) is 4.79 Å². The number of para-hydroxylation sites is 1. The van der Waals surface area contributed by atoms with Crippen LogP contribution in [0.15, 0.2) is 42.7 Å². The molecule has 1 aliphatic rings. The summed E-state index contributed by atoms with van der Waals surface area (Å²) in [5.74, 6) is -1.02. The molecule has 4 rings (SSSR count). The second-order valence-electron chi connectivity index (χ2n) is 7.19. The molecule has 29 heavy (non-hydrogen) atoms. The third kappa shape index (κ3) is 3.25. The fourth-order valence-corrected chi connectivity index (χ4v) is 3.62. The van der Waals surface area contributed by atoms with Crippen LogP contribution in [0, 0.1) is 11.2 Å². The minimum Gasteiger partial charge on any atom is -0.435 e. The molecule has 7 nitrogen and oxygen atoms in total. The van der Waals surface area contributed by atoms with Crippen LogP contribution in [-0.4, -0.2) is 20.9 Å². The lowest BCUT2D eigenvalue weighted by Crippen LogP contribution is -2.38. The minimum atomic E-state index is -1.06. The molecule has 148 valence electrons. The maximum Gasteiger partial charge on any atom is 0.232 e. The molecule has 0 saturated heterocycles. The summed E-state index contributed by atoms with van der Waals surface area (Å²) >= 11 is 6.00. The van der Waals surface area contributed by atoms with Crippen molar-refractivity contribution in [1.29, 1.82) is 0 Å². The van der Waals surface area contributed by atoms with Gasteiger partial charge in [0.1, 0.15) is 5.15 Å². The van der Waals surface area contributed by atoms with Crippen molar-refractivity contribution in [2.45, 2.75) is 19.8 Å². The summed E-state index contributed by atoms with van der Waals surface area (Å²) in [5.41, 5.74) is 5.90. The van der Waals surface area contributed by atoms with Gasteiger partial charge in [-0.15, -0.1) is 0 Å². The highest BCUT2D eigenvalue weighted by molar-refractivity contribution is 6.29. The van der Waals surface area contributed by atoms with Crippen LogP contribution in [0.5, 0.6) is 11.6 Å². The van der Waals surface area contributed by atoms with E-state index in [1.54, 1.807) is 38.1 Å². The standard InChI is InChI=1S/C20H17ClFN5O2/c1-20(2,19(28)27-17-16(23)24-8-9-25-17)14-10-4-3-5-12(22)15(10)29-18-11(14)6-7-13(21)26-18/h3-9,14H,1-2H3,(H2,23,24)(H,25,27,28)/t14-/m0/s1. The maximum absolute atomic E-state index is 14.5. The summed E-state index contributed by atoms with van der Waals surface area (Å²) in [6, 6.07) is 7.93. The lowest BCUT2D eigenvalue weighted by atomic mass is 9.69. The molecule has 9 heteroatoms. The van der Waals surface area contributed by atoms with E-state index in [4.69, 9.17) is 22.1 Å². The molecule has 0 bridgehead atoms. The van der Waals surface area contributed by atoms with Gasteiger partial charge in [0.15, 0.2) is 23.2 Å². The molecule has 1 aliphatic heterocycles. The van der Waals surface area contributed by atoms with Crippen molar-refractivity contribution in [3.8, 4) is 11.6 Å². The number of nitrogen functional groups attached to an aromatic ring is 1. The van der Waals surface area contributed by atoms with E-state index in [0.29, 0.717) is 11.1 Å². The fraction of sp³-hybridized carbons (Fsp3) is 0.200. The number of benzene rings is 1. The van der Waals surface area contributed by atoms with E-state index in [1.807, 2.05) is 0 Å². The minimum absolute atomic E-state index is 0.0275. The van der Waals surface area contributed by atoms with Gasteiger partial charge < -0.3 is 15.8 Å². The van der Waals surface area contributed by atoms with Crippen molar-refractivity contribution < 1.29 is 13.9 Å². The van der Waals surface area contributed by atoms with Crippen LogP contribution in [0.4, 0.5) is 16.0 Å². The largest absolute Gasteiger partial charge is 0.435 e. The molecule has 1 aromatic carbocycles. The second kappa shape index (κ2) is 6.97. The van der Waals surface area contributed by atoms with Crippen molar-refractivity contribution in [2.24, 2.45) is 5.41 Å². The van der Waals surface area contributed by atoms with E-state index in [1.165, 1.54) is 18.5 Å². The van der Waals surface area contributed by atoms with Gasteiger partial charge in [-0.1, -0.05) is 37.6 Å². The van der Waals surface area contributed by atoms with Gasteiger partial charge >= 0.3 is 0 Å². The van der Waals surface area contributed by atoms with Gasteiger partial charge in [-0.05, 0) is 18.2 Å². The number of fused-ring (bicyclic) bond motifs is 2. The molecule has 0 radical (unpaired) electrons. The van der Waals surface area contributed by atoms with Crippen LogP contribution < -0.4 is 15.8 Å². The second-order valence-corrected chi connectivity index (χ2v) is 7.57. The quantitative estimate of drug-likeness (QED) is 0.625. The fourth-order valence-electron chi connectivity index (χ4n) is 3.48. The van der Waals surface area contributed by atoms with Crippen LogP contribution >= 0.6 is 11.6 Å². The maximum atomic E-state index is 14.5. The molecule has 3 heterocycles. The third-order valence-electron chi connectivity index (χ3n) is 4.94. The van der Waals surface area contributed by atoms with Crippen molar-refractivity contribution >= 4 is 29.1 Å². The Bertz CT molecular complexity index is 1120. The molecule has 1 atom stereocenters. The van der Waals surface area contributed by atoms with Crippen LogP contribution in [0.2, 0.25) is 5.15 Å². The summed E-state index contributed by atoms with van der Waals surface area (Å²) in [5, 5.41) is 2.92. The monoisotopic (exact) mass is 413 g/mol. The summed E-state index contributed by atoms with van der Waals surface area (Å²) in [6.45, 7) is 3.50. The number of ether oxygens (including phenoxy) is 1. The smallest absolute Gasteiger partial charge is 0.232 e. The first-order valence-corrected chi connectivity index (χ1v) is 9.17. The van der Waals surface area contributed by atoms with E-state index in [0.717, 1.165) is 0 Å². The number of nitrogens with two attached hydrogens (primary N) is 1. The molecular formula is C20H17ClFN5O2. The van der Waals surface area contributed by atoms with E-state index in [2.05, 4.69) is 20.3 Å². The number of carbonyl (C=O) groups is 1. The predicted molar refractivity (Wildman–Crippen MR) is 106 cm³/mol. The number of nitrogens with one attached hydrogen (secondary N) is 1. The number of amides is 1. The number of hydrogen-bond acceptors (Lipinski definition) is 6. The molecule has 0 fully saturated rings. The van der Waals surface area contributed by atoms with Crippen molar-refractivity contribution in [2.75, 3.05) is 11.1 Å². The molecule has 0 unspecified atom stereocenters. The number of rotatable bonds is 3. The SMILES string of the molecule is CC(C)(C(=O)Nc1nccnc1N)[C@@H]1c2ccc(Cl)nc2Oc2c(F)cccc21. The van der Waals surface area contributed by atoms with Gasteiger partial charge in [0.05, 0.1) is 5.41 Å². The Kier molecular flexibility index (Phi) is 4.58. The predicted octanol–water partition coefficient (Wildman–Crippen LogP) is 4.15. The molecule has 0 aliphatic carbocycles. The lowest BCUT2D eigenvalue weighted by Gasteiger charge is -2.37.